The Bertz CT molecular complexity index is 83.0. The summed E-state index contributed by atoms with van der Waals surface area (Å²) in [7, 11) is 1.60. The minimum atomic E-state index is -1.03. The molecule has 0 bridgehead atoms. The van der Waals surface area contributed by atoms with Crippen LogP contribution >= 0.6 is 0 Å². The number of rotatable bonds is 3. The molecule has 1 unspecified atom stereocenters. The Morgan fingerprint density at radius 3 is 2.22 bits per heavy atom. The van der Waals surface area contributed by atoms with Crippen LogP contribution in [0.3, 0.4) is 0 Å². The van der Waals surface area contributed by atoms with Crippen LogP contribution < -0.4 is 40.0 Å². The topological polar surface area (TPSA) is 52.2 Å². The third-order valence-corrected chi connectivity index (χ3v) is 1.04. The maximum atomic E-state index is 9.99. The molecule has 0 aromatic carbocycles. The first-order valence-corrected chi connectivity index (χ1v) is 2.60. The summed E-state index contributed by atoms with van der Waals surface area (Å²) < 4.78 is 0. The number of aliphatic carboxylic acids is 1. The normalized spacial score (nSPS) is 11.8. The minimum absolute atomic E-state index is 0. The van der Waals surface area contributed by atoms with E-state index in [9.17, 15) is 9.90 Å². The van der Waals surface area contributed by atoms with Crippen LogP contribution in [0.25, 0.3) is 0 Å². The number of carbonyl (C=O) groups excluding carboxylic acids is 1. The van der Waals surface area contributed by atoms with Gasteiger partial charge in [-0.2, -0.15) is 0 Å². The van der Waals surface area contributed by atoms with Crippen LogP contribution in [-0.2, 0) is 4.79 Å². The fourth-order valence-electron chi connectivity index (χ4n) is 0.489. The molecule has 0 aliphatic carbocycles. The molecule has 9 heavy (non-hydrogen) atoms. The molecule has 0 saturated carbocycles. The first-order chi connectivity index (χ1) is 3.72. The molecule has 3 nitrogen and oxygen atoms in total. The molecular weight excluding hydrogens is 129 g/mol. The van der Waals surface area contributed by atoms with Gasteiger partial charge in [-0.05, 0) is 13.5 Å². The van der Waals surface area contributed by atoms with Gasteiger partial charge in [-0.15, -0.1) is 0 Å². The number of carbonyl (C=O) groups is 1. The largest absolute Gasteiger partial charge is 1.00 e. The molecule has 0 saturated heterocycles. The average Bonchev–Trinajstić information content (AvgIpc) is 1.69. The van der Waals surface area contributed by atoms with Gasteiger partial charge in [0.25, 0.3) is 0 Å². The van der Waals surface area contributed by atoms with Crippen molar-refractivity contribution in [3.63, 3.8) is 0 Å². The van der Waals surface area contributed by atoms with Crippen molar-refractivity contribution in [2.75, 3.05) is 7.05 Å². The predicted octanol–water partition coefficient (Wildman–Crippen LogP) is -4.26. The fourth-order valence-corrected chi connectivity index (χ4v) is 0.489. The van der Waals surface area contributed by atoms with E-state index < -0.39 is 12.0 Å². The van der Waals surface area contributed by atoms with Crippen molar-refractivity contribution < 1.29 is 39.5 Å². The van der Waals surface area contributed by atoms with Gasteiger partial charge in [-0.25, -0.2) is 0 Å². The van der Waals surface area contributed by atoms with E-state index in [1.807, 2.05) is 0 Å². The van der Waals surface area contributed by atoms with E-state index in [1.54, 1.807) is 14.0 Å². The van der Waals surface area contributed by atoms with E-state index in [1.165, 1.54) is 0 Å². The van der Waals surface area contributed by atoms with Crippen molar-refractivity contribution >= 4 is 5.97 Å². The summed E-state index contributed by atoms with van der Waals surface area (Å²) in [5.41, 5.74) is 0. The first-order valence-electron chi connectivity index (χ1n) is 2.60. The molecule has 0 heterocycles. The summed E-state index contributed by atoms with van der Waals surface area (Å²) in [6.07, 6.45) is 0.568. The van der Waals surface area contributed by atoms with E-state index >= 15 is 0 Å². The summed E-state index contributed by atoms with van der Waals surface area (Å²) in [5, 5.41) is 12.6. The molecule has 0 aliphatic rings. The smallest absolute Gasteiger partial charge is 0.548 e. The number of hydrogen-bond donors (Lipinski definition) is 1. The Morgan fingerprint density at radius 1 is 1.78 bits per heavy atom. The van der Waals surface area contributed by atoms with Gasteiger partial charge in [-0.3, -0.25) is 0 Å². The fraction of sp³-hybridized carbons (Fsp3) is 0.800. The van der Waals surface area contributed by atoms with Crippen LogP contribution in [0.5, 0.6) is 0 Å². The molecule has 1 atom stereocenters. The zero-order chi connectivity index (χ0) is 6.57. The minimum Gasteiger partial charge on any atom is -0.548 e. The van der Waals surface area contributed by atoms with Crippen LogP contribution in [-0.4, -0.2) is 19.1 Å². The van der Waals surface area contributed by atoms with Crippen molar-refractivity contribution in [2.45, 2.75) is 19.4 Å². The second-order valence-corrected chi connectivity index (χ2v) is 1.57. The molecule has 4 heteroatoms. The van der Waals surface area contributed by atoms with E-state index in [-0.39, 0.29) is 29.6 Å². The maximum Gasteiger partial charge on any atom is 1.00 e. The van der Waals surface area contributed by atoms with Crippen molar-refractivity contribution in [3.05, 3.63) is 0 Å². The van der Waals surface area contributed by atoms with Crippen molar-refractivity contribution in [2.24, 2.45) is 0 Å². The quantitative estimate of drug-likeness (QED) is 0.403. The Kier molecular flexibility index (Phi) is 8.83. The molecule has 0 fully saturated rings. The van der Waals surface area contributed by atoms with Gasteiger partial charge in [-0.1, -0.05) is 6.92 Å². The Labute approximate surface area is 77.1 Å². The number of nitrogens with one attached hydrogen (secondary N) is 1. The molecule has 0 aromatic heterocycles. The van der Waals surface area contributed by atoms with Crippen LogP contribution in [0, 0.1) is 0 Å². The molecule has 0 spiro atoms. The van der Waals surface area contributed by atoms with E-state index in [0.717, 1.165) is 0 Å². The summed E-state index contributed by atoms with van der Waals surface area (Å²) in [5.74, 6) is -1.03. The van der Waals surface area contributed by atoms with E-state index in [0.29, 0.717) is 6.42 Å². The van der Waals surface area contributed by atoms with Crippen LogP contribution in [0.1, 0.15) is 13.3 Å². The van der Waals surface area contributed by atoms with E-state index in [2.05, 4.69) is 5.32 Å². The van der Waals surface area contributed by atoms with E-state index in [4.69, 9.17) is 0 Å². The van der Waals surface area contributed by atoms with Gasteiger partial charge >= 0.3 is 29.6 Å². The molecule has 1 N–H and O–H groups in total. The molecule has 0 amide bonds. The van der Waals surface area contributed by atoms with Gasteiger partial charge in [0.1, 0.15) is 0 Å². The zero-order valence-electron chi connectivity index (χ0n) is 6.10. The van der Waals surface area contributed by atoms with Crippen LogP contribution in [0.15, 0.2) is 0 Å². The summed E-state index contributed by atoms with van der Waals surface area (Å²) in [6, 6.07) is -0.491. The number of carboxylic acid groups (broad SMARTS) is 1. The van der Waals surface area contributed by atoms with Gasteiger partial charge < -0.3 is 15.2 Å². The van der Waals surface area contributed by atoms with Crippen molar-refractivity contribution in [3.8, 4) is 0 Å². The standard InChI is InChI=1S/C5H11NO2.Na/c1-3-4(6-2)5(7)8;/h4,6H,3H2,1-2H3,(H,7,8);/q;+1/p-1. The molecular formula is C5H10NNaO2. The number of carboxylic acids is 1. The van der Waals surface area contributed by atoms with Crippen molar-refractivity contribution in [1.29, 1.82) is 0 Å². The summed E-state index contributed by atoms with van der Waals surface area (Å²) in [4.78, 5) is 9.99. The molecule has 0 rings (SSSR count). The van der Waals surface area contributed by atoms with Gasteiger partial charge in [0.2, 0.25) is 0 Å². The van der Waals surface area contributed by atoms with Crippen LogP contribution in [0.2, 0.25) is 0 Å². The Balaban J connectivity index is 0. The molecule has 0 radical (unpaired) electrons. The average molecular weight is 139 g/mol. The van der Waals surface area contributed by atoms with Gasteiger partial charge in [0, 0.05) is 6.04 Å². The third kappa shape index (κ3) is 4.90. The third-order valence-electron chi connectivity index (χ3n) is 1.04. The molecule has 0 aromatic rings. The summed E-state index contributed by atoms with van der Waals surface area (Å²) in [6.45, 7) is 1.79. The maximum absolute atomic E-state index is 9.99. The zero-order valence-corrected chi connectivity index (χ0v) is 8.10. The van der Waals surface area contributed by atoms with Gasteiger partial charge in [0.05, 0.1) is 5.97 Å². The number of likely N-dealkylation sites (N-methyl/N-ethyl adjacent to an activating group) is 1. The molecule has 0 aliphatic heterocycles. The Morgan fingerprint density at radius 2 is 2.22 bits per heavy atom. The number of hydrogen-bond acceptors (Lipinski definition) is 3. The van der Waals surface area contributed by atoms with Gasteiger partial charge in [0.15, 0.2) is 0 Å². The predicted molar refractivity (Wildman–Crippen MR) is 28.1 cm³/mol. The monoisotopic (exact) mass is 139 g/mol. The van der Waals surface area contributed by atoms with Crippen molar-refractivity contribution in [1.82, 2.24) is 5.32 Å². The van der Waals surface area contributed by atoms with Crippen LogP contribution in [0.4, 0.5) is 0 Å². The SMILES string of the molecule is CCC(NC)C(=O)[O-].[Na+]. The summed E-state index contributed by atoms with van der Waals surface area (Å²) >= 11 is 0. The second-order valence-electron chi connectivity index (χ2n) is 1.57. The Hall–Kier alpha value is 0.430. The first kappa shape index (κ1) is 12.1. The second kappa shape index (κ2) is 6.55. The molecule has 48 valence electrons.